The molecule has 5 rings (SSSR count). The first-order chi connectivity index (χ1) is 17.4. The number of anilines is 1. The first kappa shape index (κ1) is 24.2. The summed E-state index contributed by atoms with van der Waals surface area (Å²) in [6, 6.07) is 18.4. The van der Waals surface area contributed by atoms with E-state index >= 15 is 0 Å². The Labute approximate surface area is 211 Å². The topological polar surface area (TPSA) is 82.9 Å². The van der Waals surface area contributed by atoms with Crippen molar-refractivity contribution < 1.29 is 0 Å². The molecule has 8 nitrogen and oxygen atoms in total. The Hall–Kier alpha value is -3.52. The number of aromatic amines is 1. The van der Waals surface area contributed by atoms with Gasteiger partial charge in [0.25, 0.3) is 5.56 Å². The molecule has 0 unspecified atom stereocenters. The highest BCUT2D eigenvalue weighted by molar-refractivity contribution is 5.80. The summed E-state index contributed by atoms with van der Waals surface area (Å²) in [5, 5.41) is 14.0. The number of benzene rings is 2. The van der Waals surface area contributed by atoms with Crippen LogP contribution in [0.25, 0.3) is 10.9 Å². The minimum Gasteiger partial charge on any atom is -0.369 e. The molecule has 0 radical (unpaired) electrons. The van der Waals surface area contributed by atoms with Crippen molar-refractivity contribution in [3.8, 4) is 0 Å². The standard InChI is InChI=1S/C28H35N7O/c1-5-20-12-13-24-21(18-20)19-23(27(36)29-24)25(26-30-31-32-35(26)28(3,4)6-2)34-16-14-33(15-17-34)22-10-8-7-9-11-22/h7-13,18-19,25H,5-6,14-17H2,1-4H3,(H,29,36)/t25-/m1/s1. The summed E-state index contributed by atoms with van der Waals surface area (Å²) in [4.78, 5) is 21.4. The quantitative estimate of drug-likeness (QED) is 0.424. The van der Waals surface area contributed by atoms with Gasteiger partial charge in [-0.3, -0.25) is 9.69 Å². The fourth-order valence-electron chi connectivity index (χ4n) is 5.02. The van der Waals surface area contributed by atoms with Gasteiger partial charge >= 0.3 is 0 Å². The van der Waals surface area contributed by atoms with Crippen LogP contribution in [0.15, 0.2) is 59.4 Å². The van der Waals surface area contributed by atoms with Crippen molar-refractivity contribution >= 4 is 16.6 Å². The number of piperazine rings is 1. The highest BCUT2D eigenvalue weighted by Crippen LogP contribution is 2.32. The molecule has 0 amide bonds. The Morgan fingerprint density at radius 2 is 1.75 bits per heavy atom. The first-order valence-electron chi connectivity index (χ1n) is 12.9. The van der Waals surface area contributed by atoms with Crippen LogP contribution in [0.4, 0.5) is 5.69 Å². The number of H-pyrrole nitrogens is 1. The lowest BCUT2D eigenvalue weighted by Crippen LogP contribution is -2.49. The highest BCUT2D eigenvalue weighted by Gasteiger charge is 2.35. The number of nitrogens with one attached hydrogen (secondary N) is 1. The van der Waals surface area contributed by atoms with E-state index in [1.807, 2.05) is 22.9 Å². The normalized spacial score (nSPS) is 15.9. The molecule has 3 heterocycles. The Bertz CT molecular complexity index is 1380. The number of rotatable bonds is 7. The van der Waals surface area contributed by atoms with Crippen LogP contribution >= 0.6 is 0 Å². The molecule has 1 atom stereocenters. The van der Waals surface area contributed by atoms with Gasteiger partial charge in [0.15, 0.2) is 5.82 Å². The van der Waals surface area contributed by atoms with E-state index in [4.69, 9.17) is 0 Å². The third-order valence-corrected chi connectivity index (χ3v) is 7.62. The number of hydrogen-bond acceptors (Lipinski definition) is 6. The molecule has 0 spiro atoms. The van der Waals surface area contributed by atoms with Crippen LogP contribution in [-0.2, 0) is 12.0 Å². The van der Waals surface area contributed by atoms with E-state index in [0.717, 1.165) is 49.9 Å². The summed E-state index contributed by atoms with van der Waals surface area (Å²) in [5.74, 6) is 0.714. The summed E-state index contributed by atoms with van der Waals surface area (Å²) in [6.45, 7) is 11.9. The minimum absolute atomic E-state index is 0.0916. The molecule has 2 aromatic carbocycles. The predicted octanol–water partition coefficient (Wildman–Crippen LogP) is 4.13. The van der Waals surface area contributed by atoms with Crippen LogP contribution in [0.1, 0.15) is 57.1 Å². The van der Waals surface area contributed by atoms with E-state index in [9.17, 15) is 4.79 Å². The molecule has 188 valence electrons. The number of aryl methyl sites for hydroxylation is 1. The van der Waals surface area contributed by atoms with Crippen molar-refractivity contribution in [3.63, 3.8) is 0 Å². The van der Waals surface area contributed by atoms with Gasteiger partial charge in [0.1, 0.15) is 6.04 Å². The molecule has 1 aliphatic heterocycles. The maximum absolute atomic E-state index is 13.5. The van der Waals surface area contributed by atoms with E-state index in [2.05, 4.69) is 94.4 Å². The van der Waals surface area contributed by atoms with Crippen molar-refractivity contribution in [1.82, 2.24) is 30.1 Å². The fraction of sp³-hybridized carbons (Fsp3) is 0.429. The van der Waals surface area contributed by atoms with Gasteiger partial charge in [-0.05, 0) is 78.4 Å². The summed E-state index contributed by atoms with van der Waals surface area (Å²) in [5.41, 5.74) is 3.63. The molecular weight excluding hydrogens is 450 g/mol. The predicted molar refractivity (Wildman–Crippen MR) is 143 cm³/mol. The molecule has 1 saturated heterocycles. The Morgan fingerprint density at radius 3 is 2.44 bits per heavy atom. The van der Waals surface area contributed by atoms with E-state index in [-0.39, 0.29) is 17.1 Å². The van der Waals surface area contributed by atoms with E-state index in [1.54, 1.807) is 0 Å². The number of para-hydroxylation sites is 1. The molecule has 1 fully saturated rings. The van der Waals surface area contributed by atoms with Gasteiger partial charge in [0, 0.05) is 42.9 Å². The molecule has 0 bridgehead atoms. The summed E-state index contributed by atoms with van der Waals surface area (Å²) in [6.07, 6.45) is 1.81. The molecule has 0 aliphatic carbocycles. The van der Waals surface area contributed by atoms with Crippen molar-refractivity contribution in [2.45, 2.75) is 52.1 Å². The van der Waals surface area contributed by atoms with Gasteiger partial charge in [-0.15, -0.1) is 5.10 Å². The Morgan fingerprint density at radius 1 is 1.00 bits per heavy atom. The van der Waals surface area contributed by atoms with Crippen LogP contribution in [0.2, 0.25) is 0 Å². The molecule has 1 N–H and O–H groups in total. The molecular formula is C28H35N7O. The van der Waals surface area contributed by atoms with Gasteiger partial charge in [-0.25, -0.2) is 4.68 Å². The van der Waals surface area contributed by atoms with Crippen LogP contribution in [0, 0.1) is 0 Å². The highest BCUT2D eigenvalue weighted by atomic mass is 16.1. The number of aromatic nitrogens is 5. The molecule has 4 aromatic rings. The first-order valence-corrected chi connectivity index (χ1v) is 12.9. The zero-order chi connectivity index (χ0) is 25.3. The zero-order valence-corrected chi connectivity index (χ0v) is 21.6. The average Bonchev–Trinajstić information content (AvgIpc) is 3.40. The van der Waals surface area contributed by atoms with Gasteiger partial charge in [0.2, 0.25) is 0 Å². The maximum Gasteiger partial charge on any atom is 0.253 e. The molecule has 8 heteroatoms. The van der Waals surface area contributed by atoms with Crippen molar-refractivity contribution in [3.05, 3.63) is 81.9 Å². The third-order valence-electron chi connectivity index (χ3n) is 7.62. The number of tetrazole rings is 1. The zero-order valence-electron chi connectivity index (χ0n) is 21.6. The number of pyridine rings is 1. The molecule has 36 heavy (non-hydrogen) atoms. The summed E-state index contributed by atoms with van der Waals surface area (Å²) < 4.78 is 1.91. The Balaban J connectivity index is 1.58. The second kappa shape index (κ2) is 9.85. The second-order valence-corrected chi connectivity index (χ2v) is 10.2. The Kier molecular flexibility index (Phi) is 6.62. The van der Waals surface area contributed by atoms with Gasteiger partial charge in [0.05, 0.1) is 5.54 Å². The number of hydrogen-bond donors (Lipinski definition) is 1. The second-order valence-electron chi connectivity index (χ2n) is 10.2. The van der Waals surface area contributed by atoms with E-state index in [1.165, 1.54) is 11.3 Å². The lowest BCUT2D eigenvalue weighted by atomic mass is 9.98. The van der Waals surface area contributed by atoms with Crippen LogP contribution < -0.4 is 10.5 Å². The number of nitrogens with zero attached hydrogens (tertiary/aromatic N) is 6. The smallest absolute Gasteiger partial charge is 0.253 e. The third kappa shape index (κ3) is 4.53. The van der Waals surface area contributed by atoms with Crippen molar-refractivity contribution in [2.24, 2.45) is 0 Å². The van der Waals surface area contributed by atoms with Gasteiger partial charge < -0.3 is 9.88 Å². The molecule has 1 aliphatic rings. The van der Waals surface area contributed by atoms with E-state index < -0.39 is 0 Å². The van der Waals surface area contributed by atoms with Crippen LogP contribution in [0.5, 0.6) is 0 Å². The minimum atomic E-state index is -0.345. The summed E-state index contributed by atoms with van der Waals surface area (Å²) >= 11 is 0. The largest absolute Gasteiger partial charge is 0.369 e. The SMILES string of the molecule is CCc1ccc2[nH]c(=O)c([C@H](c3nnnn3C(C)(C)CC)N3CCN(c4ccccc4)CC3)cc2c1. The molecule has 2 aromatic heterocycles. The van der Waals surface area contributed by atoms with Crippen molar-refractivity contribution in [1.29, 1.82) is 0 Å². The van der Waals surface area contributed by atoms with Gasteiger partial charge in [-0.2, -0.15) is 0 Å². The number of fused-ring (bicyclic) bond motifs is 1. The lowest BCUT2D eigenvalue weighted by molar-refractivity contribution is 0.186. The fourth-order valence-corrected chi connectivity index (χ4v) is 5.02. The average molecular weight is 486 g/mol. The summed E-state index contributed by atoms with van der Waals surface area (Å²) in [7, 11) is 0. The maximum atomic E-state index is 13.5. The lowest BCUT2D eigenvalue weighted by Gasteiger charge is -2.40. The monoisotopic (exact) mass is 485 g/mol. The van der Waals surface area contributed by atoms with Gasteiger partial charge in [-0.1, -0.05) is 38.1 Å². The van der Waals surface area contributed by atoms with Crippen molar-refractivity contribution in [2.75, 3.05) is 31.1 Å². The molecule has 0 saturated carbocycles. The van der Waals surface area contributed by atoms with E-state index in [0.29, 0.717) is 11.4 Å². The van der Waals surface area contributed by atoms with Crippen LogP contribution in [0.3, 0.4) is 0 Å². The van der Waals surface area contributed by atoms with Crippen LogP contribution in [-0.4, -0.2) is 56.3 Å².